The van der Waals surface area contributed by atoms with Crippen molar-refractivity contribution in [1.29, 1.82) is 0 Å². The summed E-state index contributed by atoms with van der Waals surface area (Å²) in [6.07, 6.45) is 2.80. The number of carbonyl (C=O) groups excluding carboxylic acids is 1. The summed E-state index contributed by atoms with van der Waals surface area (Å²) in [6, 6.07) is 8.58. The first-order valence-electron chi connectivity index (χ1n) is 9.46. The SMILES string of the molecule is CCNC(=NCC(C)c1cccc(C)c1)NCCC(=O)N1CCCC1. The lowest BCUT2D eigenvalue weighted by Crippen LogP contribution is -2.40. The number of likely N-dealkylation sites (tertiary alicyclic amines) is 1. The summed E-state index contributed by atoms with van der Waals surface area (Å²) in [4.78, 5) is 18.7. The van der Waals surface area contributed by atoms with Gasteiger partial charge in [0.15, 0.2) is 5.96 Å². The van der Waals surface area contributed by atoms with Crippen LogP contribution in [0.5, 0.6) is 0 Å². The summed E-state index contributed by atoms with van der Waals surface area (Å²) in [5, 5.41) is 6.54. The van der Waals surface area contributed by atoms with E-state index >= 15 is 0 Å². The van der Waals surface area contributed by atoms with Crippen LogP contribution in [-0.2, 0) is 4.79 Å². The monoisotopic (exact) mass is 344 g/mol. The first kappa shape index (κ1) is 19.3. The molecular formula is C20H32N4O. The summed E-state index contributed by atoms with van der Waals surface area (Å²) >= 11 is 0. The number of rotatable bonds is 7. The quantitative estimate of drug-likeness (QED) is 0.591. The van der Waals surface area contributed by atoms with Crippen LogP contribution in [0.2, 0.25) is 0 Å². The number of guanidine groups is 1. The van der Waals surface area contributed by atoms with Gasteiger partial charge in [-0.05, 0) is 32.3 Å². The number of hydrogen-bond acceptors (Lipinski definition) is 2. The Morgan fingerprint density at radius 1 is 1.28 bits per heavy atom. The van der Waals surface area contributed by atoms with E-state index in [1.165, 1.54) is 11.1 Å². The molecule has 0 aromatic heterocycles. The average molecular weight is 345 g/mol. The number of carbonyl (C=O) groups is 1. The molecule has 0 aliphatic carbocycles. The van der Waals surface area contributed by atoms with Crippen LogP contribution in [0.4, 0.5) is 0 Å². The highest BCUT2D eigenvalue weighted by molar-refractivity contribution is 5.81. The minimum absolute atomic E-state index is 0.244. The van der Waals surface area contributed by atoms with Gasteiger partial charge in [-0.2, -0.15) is 0 Å². The van der Waals surface area contributed by atoms with Gasteiger partial charge in [0.2, 0.25) is 5.91 Å². The molecule has 25 heavy (non-hydrogen) atoms. The van der Waals surface area contributed by atoms with Crippen molar-refractivity contribution < 1.29 is 4.79 Å². The fourth-order valence-electron chi connectivity index (χ4n) is 3.06. The topological polar surface area (TPSA) is 56.7 Å². The van der Waals surface area contributed by atoms with Crippen molar-refractivity contribution in [2.45, 2.75) is 46.0 Å². The lowest BCUT2D eigenvalue weighted by atomic mass is 10.00. The van der Waals surface area contributed by atoms with E-state index in [4.69, 9.17) is 0 Å². The van der Waals surface area contributed by atoms with Crippen LogP contribution in [0.1, 0.15) is 50.2 Å². The van der Waals surface area contributed by atoms with Gasteiger partial charge in [0.05, 0.1) is 0 Å². The molecule has 0 bridgehead atoms. The zero-order valence-corrected chi connectivity index (χ0v) is 15.8. The molecule has 1 aliphatic heterocycles. The lowest BCUT2D eigenvalue weighted by Gasteiger charge is -2.17. The Labute approximate surface area is 151 Å². The predicted molar refractivity (Wildman–Crippen MR) is 104 cm³/mol. The van der Waals surface area contributed by atoms with Crippen LogP contribution >= 0.6 is 0 Å². The molecule has 1 heterocycles. The van der Waals surface area contributed by atoms with Crippen LogP contribution in [-0.4, -0.2) is 49.5 Å². The molecule has 1 amide bonds. The summed E-state index contributed by atoms with van der Waals surface area (Å²) in [5.41, 5.74) is 2.59. The molecule has 0 radical (unpaired) electrons. The van der Waals surface area contributed by atoms with Gasteiger partial charge in [0.1, 0.15) is 0 Å². The molecule has 138 valence electrons. The van der Waals surface area contributed by atoms with Crippen molar-refractivity contribution >= 4 is 11.9 Å². The van der Waals surface area contributed by atoms with Crippen LogP contribution in [0, 0.1) is 6.92 Å². The number of aryl methyl sites for hydroxylation is 1. The minimum Gasteiger partial charge on any atom is -0.357 e. The second kappa shape index (κ2) is 10.1. The second-order valence-electron chi connectivity index (χ2n) is 6.80. The smallest absolute Gasteiger partial charge is 0.224 e. The van der Waals surface area contributed by atoms with Crippen LogP contribution in [0.15, 0.2) is 29.3 Å². The predicted octanol–water partition coefficient (Wildman–Crippen LogP) is 2.67. The third-order valence-corrected chi connectivity index (χ3v) is 4.57. The molecule has 5 heteroatoms. The Kier molecular flexibility index (Phi) is 7.76. The van der Waals surface area contributed by atoms with E-state index in [0.717, 1.165) is 45.0 Å². The van der Waals surface area contributed by atoms with Gasteiger partial charge in [-0.3, -0.25) is 9.79 Å². The van der Waals surface area contributed by atoms with E-state index in [2.05, 4.69) is 60.7 Å². The minimum atomic E-state index is 0.244. The molecule has 1 aromatic rings. The first-order valence-corrected chi connectivity index (χ1v) is 9.46. The van der Waals surface area contributed by atoms with Gasteiger partial charge >= 0.3 is 0 Å². The zero-order valence-electron chi connectivity index (χ0n) is 15.8. The lowest BCUT2D eigenvalue weighted by molar-refractivity contribution is -0.129. The van der Waals surface area contributed by atoms with Crippen molar-refractivity contribution in [2.75, 3.05) is 32.7 Å². The van der Waals surface area contributed by atoms with Crippen molar-refractivity contribution in [1.82, 2.24) is 15.5 Å². The van der Waals surface area contributed by atoms with E-state index in [-0.39, 0.29) is 5.91 Å². The van der Waals surface area contributed by atoms with Crippen molar-refractivity contribution in [3.8, 4) is 0 Å². The van der Waals surface area contributed by atoms with Crippen molar-refractivity contribution in [3.05, 3.63) is 35.4 Å². The molecule has 1 unspecified atom stereocenters. The molecule has 5 nitrogen and oxygen atoms in total. The summed E-state index contributed by atoms with van der Waals surface area (Å²) in [5.74, 6) is 1.40. The molecule has 2 rings (SSSR count). The number of hydrogen-bond donors (Lipinski definition) is 2. The first-order chi connectivity index (χ1) is 12.1. The Balaban J connectivity index is 1.81. The van der Waals surface area contributed by atoms with Crippen LogP contribution < -0.4 is 10.6 Å². The van der Waals surface area contributed by atoms with Gasteiger partial charge in [-0.1, -0.05) is 36.8 Å². The number of benzene rings is 1. The Bertz CT molecular complexity index is 579. The van der Waals surface area contributed by atoms with Gasteiger partial charge in [-0.25, -0.2) is 0 Å². The maximum Gasteiger partial charge on any atom is 0.224 e. The zero-order chi connectivity index (χ0) is 18.1. The highest BCUT2D eigenvalue weighted by atomic mass is 16.2. The fourth-order valence-corrected chi connectivity index (χ4v) is 3.06. The van der Waals surface area contributed by atoms with Crippen molar-refractivity contribution in [3.63, 3.8) is 0 Å². The number of nitrogens with one attached hydrogen (secondary N) is 2. The Morgan fingerprint density at radius 3 is 2.72 bits per heavy atom. The number of nitrogens with zero attached hydrogens (tertiary/aromatic N) is 2. The Morgan fingerprint density at radius 2 is 2.04 bits per heavy atom. The molecular weight excluding hydrogens is 312 g/mol. The van der Waals surface area contributed by atoms with Crippen molar-refractivity contribution in [2.24, 2.45) is 4.99 Å². The normalized spacial score (nSPS) is 16.0. The van der Waals surface area contributed by atoms with Gasteiger partial charge in [0, 0.05) is 45.1 Å². The molecule has 1 saturated heterocycles. The van der Waals surface area contributed by atoms with E-state index in [1.54, 1.807) is 0 Å². The molecule has 1 fully saturated rings. The summed E-state index contributed by atoms with van der Waals surface area (Å²) < 4.78 is 0. The molecule has 1 aliphatic rings. The van der Waals surface area contributed by atoms with Gasteiger partial charge < -0.3 is 15.5 Å². The Hall–Kier alpha value is -2.04. The van der Waals surface area contributed by atoms with Gasteiger partial charge in [-0.15, -0.1) is 0 Å². The molecule has 1 atom stereocenters. The standard InChI is InChI=1S/C20H32N4O/c1-4-21-20(22-11-10-19(25)24-12-5-6-13-24)23-15-17(3)18-9-7-8-16(2)14-18/h7-9,14,17H,4-6,10-13,15H2,1-3H3,(H2,21,22,23). The van der Waals surface area contributed by atoms with E-state index in [9.17, 15) is 4.79 Å². The largest absolute Gasteiger partial charge is 0.357 e. The van der Waals surface area contributed by atoms with Gasteiger partial charge in [0.25, 0.3) is 0 Å². The highest BCUT2D eigenvalue weighted by Crippen LogP contribution is 2.16. The van der Waals surface area contributed by atoms with Crippen LogP contribution in [0.3, 0.4) is 0 Å². The third-order valence-electron chi connectivity index (χ3n) is 4.57. The van der Waals surface area contributed by atoms with E-state index < -0.39 is 0 Å². The average Bonchev–Trinajstić information content (AvgIpc) is 3.14. The number of amides is 1. The highest BCUT2D eigenvalue weighted by Gasteiger charge is 2.17. The van der Waals surface area contributed by atoms with E-state index in [0.29, 0.717) is 18.9 Å². The molecule has 1 aromatic carbocycles. The second-order valence-corrected chi connectivity index (χ2v) is 6.80. The molecule has 2 N–H and O–H groups in total. The molecule has 0 spiro atoms. The summed E-state index contributed by atoms with van der Waals surface area (Å²) in [6.45, 7) is 10.4. The van der Waals surface area contributed by atoms with E-state index in [1.807, 2.05) is 4.90 Å². The fraction of sp³-hybridized carbons (Fsp3) is 0.600. The molecule has 0 saturated carbocycles. The van der Waals surface area contributed by atoms with Crippen LogP contribution in [0.25, 0.3) is 0 Å². The maximum atomic E-state index is 12.1. The summed E-state index contributed by atoms with van der Waals surface area (Å²) in [7, 11) is 0. The maximum absolute atomic E-state index is 12.1. The number of aliphatic imine (C=N–C) groups is 1. The third kappa shape index (κ3) is 6.40.